The van der Waals surface area contributed by atoms with Gasteiger partial charge in [-0.15, -0.1) is 0 Å². The van der Waals surface area contributed by atoms with Crippen molar-refractivity contribution in [3.63, 3.8) is 0 Å². The minimum Gasteiger partial charge on any atom is -0.314 e. The zero-order valence-corrected chi connectivity index (χ0v) is 11.7. The van der Waals surface area contributed by atoms with E-state index in [0.29, 0.717) is 25.0 Å². The van der Waals surface area contributed by atoms with Crippen molar-refractivity contribution >= 4 is 10.2 Å². The minimum absolute atomic E-state index is 0.0134. The van der Waals surface area contributed by atoms with Crippen LogP contribution in [0.2, 0.25) is 0 Å². The number of nitrogens with one attached hydrogen (secondary N) is 1. The van der Waals surface area contributed by atoms with Gasteiger partial charge in [0, 0.05) is 32.2 Å². The van der Waals surface area contributed by atoms with Crippen molar-refractivity contribution in [2.45, 2.75) is 38.8 Å². The Morgan fingerprint density at radius 1 is 1.35 bits per heavy atom. The highest BCUT2D eigenvalue weighted by Crippen LogP contribution is 2.27. The fraction of sp³-hybridized carbons (Fsp3) is 1.00. The normalized spacial score (nSPS) is 31.1. The second kappa shape index (κ2) is 4.84. The quantitative estimate of drug-likeness (QED) is 0.792. The van der Waals surface area contributed by atoms with Gasteiger partial charge in [-0.2, -0.15) is 17.0 Å². The summed E-state index contributed by atoms with van der Waals surface area (Å²) < 4.78 is 27.8. The predicted molar refractivity (Wildman–Crippen MR) is 67.9 cm³/mol. The Kier molecular flexibility index (Phi) is 3.77. The molecule has 17 heavy (non-hydrogen) atoms. The maximum atomic E-state index is 12.3. The molecule has 6 heteroatoms. The second-order valence-electron chi connectivity index (χ2n) is 5.37. The van der Waals surface area contributed by atoms with E-state index in [1.54, 1.807) is 11.4 Å². The third-order valence-electron chi connectivity index (χ3n) is 4.04. The number of rotatable bonds is 3. The van der Waals surface area contributed by atoms with Crippen LogP contribution in [0.3, 0.4) is 0 Å². The molecule has 0 saturated carbocycles. The van der Waals surface area contributed by atoms with Crippen LogP contribution in [0, 0.1) is 5.92 Å². The van der Waals surface area contributed by atoms with Crippen molar-refractivity contribution in [3.05, 3.63) is 0 Å². The van der Waals surface area contributed by atoms with Crippen LogP contribution in [0.25, 0.3) is 0 Å². The summed E-state index contributed by atoms with van der Waals surface area (Å²) in [7, 11) is -1.60. The van der Waals surface area contributed by atoms with Crippen LogP contribution in [0.4, 0.5) is 0 Å². The van der Waals surface area contributed by atoms with Gasteiger partial charge in [-0.05, 0) is 39.2 Å². The third-order valence-corrected chi connectivity index (χ3v) is 6.17. The third kappa shape index (κ3) is 2.50. The number of piperidine rings is 1. The zero-order chi connectivity index (χ0) is 12.6. The summed E-state index contributed by atoms with van der Waals surface area (Å²) in [4.78, 5) is 0. The summed E-state index contributed by atoms with van der Waals surface area (Å²) in [6, 6.07) is 0.547. The van der Waals surface area contributed by atoms with Crippen LogP contribution >= 0.6 is 0 Å². The Morgan fingerprint density at radius 3 is 2.71 bits per heavy atom. The molecule has 1 N–H and O–H groups in total. The lowest BCUT2D eigenvalue weighted by Crippen LogP contribution is -2.52. The first-order chi connectivity index (χ1) is 7.93. The van der Waals surface area contributed by atoms with Gasteiger partial charge in [-0.25, -0.2) is 0 Å². The summed E-state index contributed by atoms with van der Waals surface area (Å²) in [5, 5.41) is 3.45. The van der Waals surface area contributed by atoms with E-state index in [1.165, 1.54) is 4.31 Å². The van der Waals surface area contributed by atoms with Crippen LogP contribution in [-0.2, 0) is 10.2 Å². The molecule has 2 aliphatic rings. The number of fused-ring (bicyclic) bond motifs is 1. The second-order valence-corrected chi connectivity index (χ2v) is 7.36. The fourth-order valence-electron chi connectivity index (χ4n) is 2.67. The molecule has 2 aliphatic heterocycles. The Bertz CT molecular complexity index is 369. The molecule has 5 nitrogen and oxygen atoms in total. The summed E-state index contributed by atoms with van der Waals surface area (Å²) >= 11 is 0. The van der Waals surface area contributed by atoms with Gasteiger partial charge in [0.15, 0.2) is 0 Å². The van der Waals surface area contributed by atoms with Crippen molar-refractivity contribution in [2.24, 2.45) is 5.92 Å². The van der Waals surface area contributed by atoms with E-state index in [0.717, 1.165) is 19.4 Å². The molecule has 0 aromatic carbocycles. The molecular formula is C11H23N3O2S. The van der Waals surface area contributed by atoms with E-state index in [1.807, 2.05) is 13.8 Å². The largest absolute Gasteiger partial charge is 0.314 e. The monoisotopic (exact) mass is 261 g/mol. The first-order valence-corrected chi connectivity index (χ1v) is 7.79. The topological polar surface area (TPSA) is 52.7 Å². The van der Waals surface area contributed by atoms with Gasteiger partial charge in [0.1, 0.15) is 0 Å². The van der Waals surface area contributed by atoms with E-state index in [-0.39, 0.29) is 6.04 Å². The van der Waals surface area contributed by atoms with Gasteiger partial charge in [-0.1, -0.05) is 0 Å². The molecule has 2 fully saturated rings. The van der Waals surface area contributed by atoms with E-state index in [9.17, 15) is 8.42 Å². The van der Waals surface area contributed by atoms with Crippen molar-refractivity contribution < 1.29 is 8.42 Å². The number of hydrogen-bond acceptors (Lipinski definition) is 3. The van der Waals surface area contributed by atoms with Gasteiger partial charge in [0.2, 0.25) is 0 Å². The van der Waals surface area contributed by atoms with Gasteiger partial charge in [0.25, 0.3) is 10.2 Å². The van der Waals surface area contributed by atoms with Gasteiger partial charge < -0.3 is 5.32 Å². The van der Waals surface area contributed by atoms with E-state index in [2.05, 4.69) is 5.32 Å². The van der Waals surface area contributed by atoms with E-state index in [4.69, 9.17) is 0 Å². The zero-order valence-electron chi connectivity index (χ0n) is 10.9. The van der Waals surface area contributed by atoms with Crippen LogP contribution in [0.15, 0.2) is 0 Å². The maximum absolute atomic E-state index is 12.3. The van der Waals surface area contributed by atoms with Gasteiger partial charge >= 0.3 is 0 Å². The van der Waals surface area contributed by atoms with Gasteiger partial charge in [0.05, 0.1) is 0 Å². The van der Waals surface area contributed by atoms with Gasteiger partial charge in [-0.3, -0.25) is 0 Å². The summed E-state index contributed by atoms with van der Waals surface area (Å²) in [6.07, 6.45) is 2.04. The average Bonchev–Trinajstić information content (AvgIpc) is 2.74. The smallest absolute Gasteiger partial charge is 0.281 e. The van der Waals surface area contributed by atoms with E-state index < -0.39 is 10.2 Å². The summed E-state index contributed by atoms with van der Waals surface area (Å²) in [5.41, 5.74) is 0. The van der Waals surface area contributed by atoms with E-state index >= 15 is 0 Å². The van der Waals surface area contributed by atoms with Crippen LogP contribution in [0.5, 0.6) is 0 Å². The molecule has 2 atom stereocenters. The van der Waals surface area contributed by atoms with Crippen molar-refractivity contribution in [3.8, 4) is 0 Å². The summed E-state index contributed by atoms with van der Waals surface area (Å²) in [6.45, 7) is 6.16. The lowest BCUT2D eigenvalue weighted by molar-refractivity contribution is 0.230. The molecule has 2 saturated heterocycles. The molecule has 0 amide bonds. The fourth-order valence-corrected chi connectivity index (χ4v) is 4.29. The summed E-state index contributed by atoms with van der Waals surface area (Å²) in [5.74, 6) is 0.499. The predicted octanol–water partition coefficient (Wildman–Crippen LogP) is 0.255. The average molecular weight is 261 g/mol. The molecule has 100 valence electrons. The lowest BCUT2D eigenvalue weighted by atomic mass is 9.95. The van der Waals surface area contributed by atoms with Crippen molar-refractivity contribution in [1.29, 1.82) is 0 Å². The highest BCUT2D eigenvalue weighted by molar-refractivity contribution is 7.86. The minimum atomic E-state index is -3.26. The first kappa shape index (κ1) is 13.3. The molecule has 2 heterocycles. The number of hydrogen-bond donors (Lipinski definition) is 1. The molecule has 0 bridgehead atoms. The Balaban J connectivity index is 2.08. The maximum Gasteiger partial charge on any atom is 0.281 e. The highest BCUT2D eigenvalue weighted by atomic mass is 32.2. The Labute approximate surface area is 104 Å². The lowest BCUT2D eigenvalue weighted by Gasteiger charge is -2.37. The highest BCUT2D eigenvalue weighted by Gasteiger charge is 2.38. The van der Waals surface area contributed by atoms with Crippen LogP contribution in [-0.4, -0.2) is 55.8 Å². The first-order valence-electron chi connectivity index (χ1n) is 6.39. The Hall–Kier alpha value is -0.170. The van der Waals surface area contributed by atoms with Crippen molar-refractivity contribution in [1.82, 2.24) is 13.9 Å². The standard InChI is InChI=1S/C11H23N3O2S/c1-9(2)13(3)17(15,16)14-7-5-11-10(8-14)4-6-12-11/h9-12H,4-8H2,1-3H3. The van der Waals surface area contributed by atoms with Crippen molar-refractivity contribution in [2.75, 3.05) is 26.7 Å². The molecule has 2 unspecified atom stereocenters. The molecule has 0 aromatic heterocycles. The molecule has 0 radical (unpaired) electrons. The molecule has 0 spiro atoms. The van der Waals surface area contributed by atoms with Crippen LogP contribution in [0.1, 0.15) is 26.7 Å². The number of nitrogens with zero attached hydrogens (tertiary/aromatic N) is 2. The molecule has 0 aliphatic carbocycles. The SMILES string of the molecule is CC(C)N(C)S(=O)(=O)N1CCC2NCCC2C1. The molecular weight excluding hydrogens is 238 g/mol. The van der Waals surface area contributed by atoms with Crippen LogP contribution < -0.4 is 5.32 Å². The Morgan fingerprint density at radius 2 is 2.06 bits per heavy atom. The molecule has 0 aromatic rings. The molecule has 2 rings (SSSR count).